The van der Waals surface area contributed by atoms with Crippen molar-refractivity contribution in [3.63, 3.8) is 0 Å². The highest BCUT2D eigenvalue weighted by Gasteiger charge is 2.21. The first-order valence-corrected chi connectivity index (χ1v) is 6.88. The van der Waals surface area contributed by atoms with Gasteiger partial charge in [0.25, 0.3) is 0 Å². The van der Waals surface area contributed by atoms with Gasteiger partial charge in [-0.1, -0.05) is 30.7 Å². The first kappa shape index (κ1) is 16.8. The van der Waals surface area contributed by atoms with Crippen LogP contribution in [0.5, 0.6) is 11.5 Å². The molecule has 114 valence electrons. The van der Waals surface area contributed by atoms with E-state index in [0.29, 0.717) is 23.3 Å². The molecule has 1 aromatic carbocycles. The predicted octanol–water partition coefficient (Wildman–Crippen LogP) is 4.03. The normalized spacial score (nSPS) is 10.7. The summed E-state index contributed by atoms with van der Waals surface area (Å²) in [6, 6.07) is 1.66. The third kappa shape index (κ3) is 4.12. The van der Waals surface area contributed by atoms with Gasteiger partial charge in [0.05, 0.1) is 7.11 Å². The minimum Gasteiger partial charge on any atom is -0.507 e. The van der Waals surface area contributed by atoms with E-state index in [2.05, 4.69) is 0 Å². The van der Waals surface area contributed by atoms with Gasteiger partial charge in [-0.2, -0.15) is 0 Å². The van der Waals surface area contributed by atoms with Crippen LogP contribution in [0.4, 0.5) is 0 Å². The average molecular weight is 290 g/mol. The monoisotopic (exact) mass is 290 g/mol. The van der Waals surface area contributed by atoms with E-state index >= 15 is 0 Å². The molecule has 0 aliphatic heterocycles. The van der Waals surface area contributed by atoms with Gasteiger partial charge in [-0.05, 0) is 38.3 Å². The van der Waals surface area contributed by atoms with Gasteiger partial charge in [0, 0.05) is 5.56 Å². The van der Waals surface area contributed by atoms with Crippen molar-refractivity contribution in [1.29, 1.82) is 0 Å². The lowest BCUT2D eigenvalue weighted by Gasteiger charge is -2.14. The van der Waals surface area contributed by atoms with Gasteiger partial charge >= 0.3 is 5.97 Å². The van der Waals surface area contributed by atoms with E-state index in [1.165, 1.54) is 7.11 Å². The molecule has 0 amide bonds. The number of carboxylic acids is 1. The maximum Gasteiger partial charge on any atom is 0.340 e. The number of aromatic carboxylic acids is 1. The average Bonchev–Trinajstić information content (AvgIpc) is 2.42. The summed E-state index contributed by atoms with van der Waals surface area (Å²) >= 11 is 0. The number of phenols is 1. The lowest BCUT2D eigenvalue weighted by atomic mass is 9.97. The zero-order valence-corrected chi connectivity index (χ0v) is 12.9. The first-order valence-electron chi connectivity index (χ1n) is 6.88. The Bertz CT molecular complexity index is 579. The number of hydrogen-bond donors (Lipinski definition) is 2. The van der Waals surface area contributed by atoms with Crippen molar-refractivity contribution in [1.82, 2.24) is 0 Å². The van der Waals surface area contributed by atoms with E-state index in [1.54, 1.807) is 12.1 Å². The molecular weight excluding hydrogens is 268 g/mol. The molecule has 1 aromatic rings. The predicted molar refractivity (Wildman–Crippen MR) is 84.1 cm³/mol. The Balaban J connectivity index is 3.52. The quantitative estimate of drug-likeness (QED) is 0.776. The molecule has 0 atom stereocenters. The Morgan fingerprint density at radius 2 is 2.05 bits per heavy atom. The Morgan fingerprint density at radius 1 is 1.38 bits per heavy atom. The van der Waals surface area contributed by atoms with Gasteiger partial charge in [-0.15, -0.1) is 0 Å². The number of benzene rings is 1. The molecule has 4 heteroatoms. The van der Waals surface area contributed by atoms with Crippen molar-refractivity contribution >= 4 is 12.0 Å². The largest absolute Gasteiger partial charge is 0.507 e. The maximum atomic E-state index is 11.4. The third-order valence-corrected chi connectivity index (χ3v) is 3.08. The summed E-state index contributed by atoms with van der Waals surface area (Å²) in [5, 5.41) is 19.7. The van der Waals surface area contributed by atoms with Crippen LogP contribution >= 0.6 is 0 Å². The topological polar surface area (TPSA) is 66.8 Å². The van der Waals surface area contributed by atoms with Gasteiger partial charge in [-0.3, -0.25) is 0 Å². The summed E-state index contributed by atoms with van der Waals surface area (Å²) in [5.74, 6) is -0.884. The summed E-state index contributed by atoms with van der Waals surface area (Å²) < 4.78 is 5.30. The standard InChI is InChI=1S/C17H22O4/c1-5-6-7-12-10-14(21-4)13(9-8-11(2)3)16(18)15(12)17(19)20/h6-8,10,18H,5,9H2,1-4H3,(H,19,20). The molecule has 0 saturated heterocycles. The van der Waals surface area contributed by atoms with Crippen molar-refractivity contribution in [3.05, 3.63) is 40.5 Å². The molecular formula is C17H22O4. The molecule has 2 N–H and O–H groups in total. The molecule has 0 saturated carbocycles. The zero-order chi connectivity index (χ0) is 16.0. The minimum absolute atomic E-state index is 0.0855. The maximum absolute atomic E-state index is 11.4. The highest BCUT2D eigenvalue weighted by Crippen LogP contribution is 2.36. The van der Waals surface area contributed by atoms with E-state index in [1.807, 2.05) is 32.9 Å². The van der Waals surface area contributed by atoms with Crippen LogP contribution in [0.25, 0.3) is 6.08 Å². The molecule has 0 radical (unpaired) electrons. The second kappa shape index (κ2) is 7.53. The summed E-state index contributed by atoms with van der Waals surface area (Å²) in [6.07, 6.45) is 6.66. The third-order valence-electron chi connectivity index (χ3n) is 3.08. The molecule has 0 fully saturated rings. The highest BCUT2D eigenvalue weighted by molar-refractivity contribution is 5.96. The molecule has 0 aromatic heterocycles. The van der Waals surface area contributed by atoms with Crippen LogP contribution in [-0.2, 0) is 6.42 Å². The van der Waals surface area contributed by atoms with E-state index in [4.69, 9.17) is 4.74 Å². The summed E-state index contributed by atoms with van der Waals surface area (Å²) in [5.41, 5.74) is 1.94. The van der Waals surface area contributed by atoms with Crippen LogP contribution in [0, 0.1) is 0 Å². The Hall–Kier alpha value is -2.23. The van der Waals surface area contributed by atoms with Crippen LogP contribution in [0.1, 0.15) is 48.7 Å². The minimum atomic E-state index is -1.15. The number of carboxylic acid groups (broad SMARTS) is 1. The van der Waals surface area contributed by atoms with Crippen molar-refractivity contribution in [3.8, 4) is 11.5 Å². The lowest BCUT2D eigenvalue weighted by molar-refractivity contribution is 0.0693. The fourth-order valence-corrected chi connectivity index (χ4v) is 1.99. The fraction of sp³-hybridized carbons (Fsp3) is 0.353. The van der Waals surface area contributed by atoms with Crippen molar-refractivity contribution in [2.45, 2.75) is 33.6 Å². The number of ether oxygens (including phenoxy) is 1. The molecule has 4 nitrogen and oxygen atoms in total. The van der Waals surface area contributed by atoms with Gasteiger partial charge < -0.3 is 14.9 Å². The van der Waals surface area contributed by atoms with Crippen molar-refractivity contribution < 1.29 is 19.7 Å². The number of carbonyl (C=O) groups is 1. The second-order valence-corrected chi connectivity index (χ2v) is 4.97. The summed E-state index contributed by atoms with van der Waals surface area (Å²) in [7, 11) is 1.51. The fourth-order valence-electron chi connectivity index (χ4n) is 1.99. The van der Waals surface area contributed by atoms with Crippen LogP contribution in [0.3, 0.4) is 0 Å². The van der Waals surface area contributed by atoms with Crippen LogP contribution in [0.2, 0.25) is 0 Å². The lowest BCUT2D eigenvalue weighted by Crippen LogP contribution is -2.04. The van der Waals surface area contributed by atoms with Gasteiger partial charge in [0.1, 0.15) is 17.1 Å². The number of methoxy groups -OCH3 is 1. The molecule has 0 aliphatic rings. The second-order valence-electron chi connectivity index (χ2n) is 4.97. The van der Waals surface area contributed by atoms with E-state index in [0.717, 1.165) is 12.0 Å². The summed E-state index contributed by atoms with van der Waals surface area (Å²) in [6.45, 7) is 5.84. The Morgan fingerprint density at radius 3 is 2.52 bits per heavy atom. The van der Waals surface area contributed by atoms with Gasteiger partial charge in [0.2, 0.25) is 0 Å². The molecule has 0 spiro atoms. The van der Waals surface area contributed by atoms with Crippen LogP contribution < -0.4 is 4.74 Å². The number of rotatable bonds is 6. The molecule has 1 rings (SSSR count). The van der Waals surface area contributed by atoms with Crippen LogP contribution in [0.15, 0.2) is 23.8 Å². The van der Waals surface area contributed by atoms with E-state index < -0.39 is 5.97 Å². The number of aromatic hydroxyl groups is 1. The smallest absolute Gasteiger partial charge is 0.340 e. The molecule has 0 heterocycles. The van der Waals surface area contributed by atoms with Crippen molar-refractivity contribution in [2.24, 2.45) is 0 Å². The number of allylic oxidation sites excluding steroid dienone is 3. The molecule has 0 unspecified atom stereocenters. The molecule has 21 heavy (non-hydrogen) atoms. The molecule has 0 bridgehead atoms. The van der Waals surface area contributed by atoms with Gasteiger partial charge in [-0.25, -0.2) is 4.79 Å². The summed E-state index contributed by atoms with van der Waals surface area (Å²) in [4.78, 5) is 11.4. The SMILES string of the molecule is CCC=Cc1cc(OC)c(CC=C(C)C)c(O)c1C(=O)O. The van der Waals surface area contributed by atoms with Crippen molar-refractivity contribution in [2.75, 3.05) is 7.11 Å². The first-order chi connectivity index (χ1) is 9.92. The van der Waals surface area contributed by atoms with E-state index in [-0.39, 0.29) is 11.3 Å². The number of hydrogen-bond acceptors (Lipinski definition) is 3. The Labute approximate surface area is 125 Å². The van der Waals surface area contributed by atoms with Crippen LogP contribution in [-0.4, -0.2) is 23.3 Å². The Kier molecular flexibility index (Phi) is 6.03. The zero-order valence-electron chi connectivity index (χ0n) is 12.9. The highest BCUT2D eigenvalue weighted by atomic mass is 16.5. The van der Waals surface area contributed by atoms with Gasteiger partial charge in [0.15, 0.2) is 0 Å². The molecule has 0 aliphatic carbocycles. The van der Waals surface area contributed by atoms with E-state index in [9.17, 15) is 15.0 Å².